The lowest BCUT2D eigenvalue weighted by Crippen LogP contribution is -2.43. The van der Waals surface area contributed by atoms with E-state index in [0.717, 1.165) is 24.9 Å². The van der Waals surface area contributed by atoms with Crippen molar-refractivity contribution in [3.8, 4) is 0 Å². The van der Waals surface area contributed by atoms with Crippen molar-refractivity contribution >= 4 is 35.8 Å². The summed E-state index contributed by atoms with van der Waals surface area (Å²) < 4.78 is 0. The van der Waals surface area contributed by atoms with Gasteiger partial charge in [-0.1, -0.05) is 30.3 Å². The van der Waals surface area contributed by atoms with E-state index in [2.05, 4.69) is 20.9 Å². The van der Waals surface area contributed by atoms with Crippen LogP contribution in [0.1, 0.15) is 25.3 Å². The lowest BCUT2D eigenvalue weighted by Gasteiger charge is -2.11. The molecule has 0 bridgehead atoms. The van der Waals surface area contributed by atoms with Crippen LogP contribution in [-0.2, 0) is 11.3 Å². The zero-order chi connectivity index (χ0) is 14.2. The Bertz CT molecular complexity index is 460. The highest BCUT2D eigenvalue weighted by Crippen LogP contribution is 2.18. The van der Waals surface area contributed by atoms with Crippen LogP contribution in [0.4, 0.5) is 0 Å². The zero-order valence-corrected chi connectivity index (χ0v) is 14.6. The predicted octanol–water partition coefficient (Wildman–Crippen LogP) is 1.64. The summed E-state index contributed by atoms with van der Waals surface area (Å²) in [5.74, 6) is 0.695. The molecule has 1 fully saturated rings. The Morgan fingerprint density at radius 3 is 2.57 bits per heavy atom. The third-order valence-corrected chi connectivity index (χ3v) is 2.97. The minimum absolute atomic E-state index is 0. The van der Waals surface area contributed by atoms with E-state index in [9.17, 15) is 4.79 Å². The van der Waals surface area contributed by atoms with Crippen LogP contribution in [0, 0.1) is 0 Å². The van der Waals surface area contributed by atoms with Gasteiger partial charge in [0.05, 0.1) is 13.1 Å². The lowest BCUT2D eigenvalue weighted by molar-refractivity contribution is -0.120. The van der Waals surface area contributed by atoms with Gasteiger partial charge in [-0.15, -0.1) is 24.0 Å². The second-order valence-electron chi connectivity index (χ2n) is 4.88. The summed E-state index contributed by atoms with van der Waals surface area (Å²) in [5.41, 5.74) is 1.15. The van der Waals surface area contributed by atoms with Gasteiger partial charge in [-0.25, -0.2) is 4.99 Å². The fourth-order valence-electron chi connectivity index (χ4n) is 1.77. The van der Waals surface area contributed by atoms with Gasteiger partial charge in [0.2, 0.25) is 5.91 Å². The SMILES string of the molecule is CCNC(=NCc1ccccc1)NCC(=O)NC1CC1.I. The van der Waals surface area contributed by atoms with Crippen LogP contribution in [0.2, 0.25) is 0 Å². The van der Waals surface area contributed by atoms with Gasteiger partial charge >= 0.3 is 0 Å². The number of aliphatic imine (C=N–C) groups is 1. The van der Waals surface area contributed by atoms with Crippen LogP contribution in [-0.4, -0.2) is 31.0 Å². The molecule has 0 atom stereocenters. The summed E-state index contributed by atoms with van der Waals surface area (Å²) in [6.07, 6.45) is 2.21. The molecule has 0 aromatic heterocycles. The largest absolute Gasteiger partial charge is 0.357 e. The van der Waals surface area contributed by atoms with Gasteiger partial charge < -0.3 is 16.0 Å². The first-order chi connectivity index (χ1) is 9.78. The van der Waals surface area contributed by atoms with Gasteiger partial charge in [0.25, 0.3) is 0 Å². The second kappa shape index (κ2) is 9.59. The van der Waals surface area contributed by atoms with E-state index in [4.69, 9.17) is 0 Å². The first-order valence-corrected chi connectivity index (χ1v) is 7.13. The Kier molecular flexibility index (Phi) is 8.11. The van der Waals surface area contributed by atoms with Crippen molar-refractivity contribution in [1.82, 2.24) is 16.0 Å². The fraction of sp³-hybridized carbons (Fsp3) is 0.467. The fourth-order valence-corrected chi connectivity index (χ4v) is 1.77. The van der Waals surface area contributed by atoms with E-state index in [1.54, 1.807) is 0 Å². The average molecular weight is 402 g/mol. The highest BCUT2D eigenvalue weighted by molar-refractivity contribution is 14.0. The molecule has 1 amide bonds. The minimum atomic E-state index is 0. The van der Waals surface area contributed by atoms with Gasteiger partial charge in [0.15, 0.2) is 5.96 Å². The molecule has 5 nitrogen and oxygen atoms in total. The molecule has 0 radical (unpaired) electrons. The summed E-state index contributed by atoms with van der Waals surface area (Å²) in [4.78, 5) is 16.1. The quantitative estimate of drug-likeness (QED) is 0.385. The first kappa shape index (κ1) is 17.7. The van der Waals surface area contributed by atoms with Crippen LogP contribution in [0.5, 0.6) is 0 Å². The lowest BCUT2D eigenvalue weighted by atomic mass is 10.2. The van der Waals surface area contributed by atoms with Crippen molar-refractivity contribution in [3.05, 3.63) is 35.9 Å². The molecular weight excluding hydrogens is 379 g/mol. The topological polar surface area (TPSA) is 65.5 Å². The van der Waals surface area contributed by atoms with Crippen LogP contribution in [0.3, 0.4) is 0 Å². The second-order valence-corrected chi connectivity index (χ2v) is 4.88. The number of rotatable bonds is 6. The van der Waals surface area contributed by atoms with Gasteiger partial charge in [-0.2, -0.15) is 0 Å². The van der Waals surface area contributed by atoms with E-state index in [0.29, 0.717) is 18.5 Å². The number of benzene rings is 1. The molecule has 1 aliphatic rings. The number of carbonyl (C=O) groups excluding carboxylic acids is 1. The molecule has 1 aromatic carbocycles. The van der Waals surface area contributed by atoms with Crippen molar-refractivity contribution in [2.75, 3.05) is 13.1 Å². The van der Waals surface area contributed by atoms with Gasteiger partial charge in [-0.3, -0.25) is 4.79 Å². The van der Waals surface area contributed by atoms with Crippen LogP contribution >= 0.6 is 24.0 Å². The van der Waals surface area contributed by atoms with E-state index in [1.807, 2.05) is 37.3 Å². The van der Waals surface area contributed by atoms with Crippen molar-refractivity contribution in [2.45, 2.75) is 32.4 Å². The monoisotopic (exact) mass is 402 g/mol. The molecule has 3 N–H and O–H groups in total. The number of guanidine groups is 1. The van der Waals surface area contributed by atoms with Crippen LogP contribution in [0.15, 0.2) is 35.3 Å². The Morgan fingerprint density at radius 1 is 1.24 bits per heavy atom. The molecule has 2 rings (SSSR count). The number of amides is 1. The summed E-state index contributed by atoms with van der Waals surface area (Å²) in [6.45, 7) is 3.63. The van der Waals surface area contributed by atoms with E-state index in [-0.39, 0.29) is 36.4 Å². The van der Waals surface area contributed by atoms with Gasteiger partial charge in [0.1, 0.15) is 0 Å². The smallest absolute Gasteiger partial charge is 0.239 e. The highest BCUT2D eigenvalue weighted by atomic mass is 127. The minimum Gasteiger partial charge on any atom is -0.357 e. The Balaban J connectivity index is 0.00000220. The molecule has 0 saturated heterocycles. The van der Waals surface area contributed by atoms with Crippen LogP contribution in [0.25, 0.3) is 0 Å². The molecule has 0 heterocycles. The third-order valence-electron chi connectivity index (χ3n) is 2.97. The van der Waals surface area contributed by atoms with E-state index < -0.39 is 0 Å². The highest BCUT2D eigenvalue weighted by Gasteiger charge is 2.22. The molecule has 1 saturated carbocycles. The Morgan fingerprint density at radius 2 is 1.95 bits per heavy atom. The van der Waals surface area contributed by atoms with Crippen LogP contribution < -0.4 is 16.0 Å². The number of hydrogen-bond donors (Lipinski definition) is 3. The third kappa shape index (κ3) is 7.31. The maximum absolute atomic E-state index is 11.6. The molecule has 0 aliphatic heterocycles. The number of hydrogen-bond acceptors (Lipinski definition) is 2. The maximum Gasteiger partial charge on any atom is 0.239 e. The summed E-state index contributed by atoms with van der Waals surface area (Å²) in [7, 11) is 0. The molecule has 0 spiro atoms. The normalized spacial score (nSPS) is 14.0. The summed E-state index contributed by atoms with van der Waals surface area (Å²) >= 11 is 0. The Hall–Kier alpha value is -1.31. The molecule has 21 heavy (non-hydrogen) atoms. The maximum atomic E-state index is 11.6. The van der Waals surface area contributed by atoms with Gasteiger partial charge in [0, 0.05) is 12.6 Å². The van der Waals surface area contributed by atoms with E-state index >= 15 is 0 Å². The van der Waals surface area contributed by atoms with E-state index in [1.165, 1.54) is 0 Å². The molecule has 116 valence electrons. The number of nitrogens with zero attached hydrogens (tertiary/aromatic N) is 1. The Labute approximate surface area is 143 Å². The molecule has 1 aromatic rings. The molecule has 6 heteroatoms. The first-order valence-electron chi connectivity index (χ1n) is 7.13. The van der Waals surface area contributed by atoms with Gasteiger partial charge in [-0.05, 0) is 25.3 Å². The number of halogens is 1. The van der Waals surface area contributed by atoms with Crippen molar-refractivity contribution < 1.29 is 4.79 Å². The number of carbonyl (C=O) groups is 1. The standard InChI is InChI=1S/C15H22N4O.HI/c1-2-16-15(17-10-12-6-4-3-5-7-12)18-11-14(20)19-13-8-9-13;/h3-7,13H,2,8-11H2,1H3,(H,19,20)(H2,16,17,18);1H. The molecule has 0 unspecified atom stereocenters. The predicted molar refractivity (Wildman–Crippen MR) is 95.8 cm³/mol. The summed E-state index contributed by atoms with van der Waals surface area (Å²) in [6, 6.07) is 10.4. The van der Waals surface area contributed by atoms with Crippen molar-refractivity contribution in [2.24, 2.45) is 4.99 Å². The average Bonchev–Trinajstić information content (AvgIpc) is 3.27. The number of nitrogens with one attached hydrogen (secondary N) is 3. The van der Waals surface area contributed by atoms with Crippen molar-refractivity contribution in [1.29, 1.82) is 0 Å². The summed E-state index contributed by atoms with van der Waals surface area (Å²) in [5, 5.41) is 9.13. The molecular formula is C15H23IN4O. The van der Waals surface area contributed by atoms with Crippen molar-refractivity contribution in [3.63, 3.8) is 0 Å². The molecule has 1 aliphatic carbocycles. The zero-order valence-electron chi connectivity index (χ0n) is 12.3.